The van der Waals surface area contributed by atoms with Crippen LogP contribution in [0.3, 0.4) is 0 Å². The standard InChI is InChI=1S/C8H6O4.C8H18O2.C6H10O4.C6H14O3.C5H12O2/c9-7(10)5-2-1-3-6(4-5)8(11)12;1-6(2)7(10)8(3,4)5-9;7-5(8)3-1-2-4-6(9)10;1-2-6(3-7,4-8)5-9;1-5(2,3-6)4-7/h1-4H,(H,9,10)(H,11,12);6-7,9-10H,5H2,1-4H3;1-4H2,(H,7,8)(H,9,10);7-9H,2-5H2,1H3;6-7H,3-4H2,1-2H3. The van der Waals surface area contributed by atoms with E-state index in [2.05, 4.69) is 0 Å². The highest BCUT2D eigenvalue weighted by atomic mass is 16.4. The van der Waals surface area contributed by atoms with Crippen LogP contribution in [0.5, 0.6) is 0 Å². The van der Waals surface area contributed by atoms with Crippen molar-refractivity contribution in [2.75, 3.05) is 39.6 Å². The lowest BCUT2D eigenvalue weighted by atomic mass is 9.82. The summed E-state index contributed by atoms with van der Waals surface area (Å²) in [6, 6.07) is 5.20. The number of hydrogen-bond donors (Lipinski definition) is 11. The highest BCUT2D eigenvalue weighted by Crippen LogP contribution is 2.24. The maximum Gasteiger partial charge on any atom is 0.335 e. The van der Waals surface area contributed by atoms with Crippen molar-refractivity contribution < 1.29 is 75.3 Å². The van der Waals surface area contributed by atoms with Crippen LogP contribution in [-0.4, -0.2) is 126 Å². The Bertz CT molecular complexity index is 949. The summed E-state index contributed by atoms with van der Waals surface area (Å²) in [7, 11) is 0. The summed E-state index contributed by atoms with van der Waals surface area (Å²) < 4.78 is 0. The highest BCUT2D eigenvalue weighted by Gasteiger charge is 2.29. The third-order valence-corrected chi connectivity index (χ3v) is 6.84. The molecule has 0 bridgehead atoms. The first-order valence-corrected chi connectivity index (χ1v) is 15.4. The van der Waals surface area contributed by atoms with Gasteiger partial charge in [-0.05, 0) is 43.4 Å². The molecule has 0 spiro atoms. The zero-order chi connectivity index (χ0) is 38.7. The summed E-state index contributed by atoms with van der Waals surface area (Å²) in [6.45, 7) is 12.7. The van der Waals surface area contributed by atoms with E-state index in [9.17, 15) is 24.3 Å². The molecule has 282 valence electrons. The Labute approximate surface area is 283 Å². The fraction of sp³-hybridized carbons (Fsp3) is 0.697. The molecule has 1 unspecified atom stereocenters. The fourth-order valence-electron chi connectivity index (χ4n) is 2.87. The second-order valence-corrected chi connectivity index (χ2v) is 12.8. The zero-order valence-corrected chi connectivity index (χ0v) is 29.3. The Morgan fingerprint density at radius 1 is 0.646 bits per heavy atom. The van der Waals surface area contributed by atoms with Crippen molar-refractivity contribution >= 4 is 23.9 Å². The number of aromatic carboxylic acids is 2. The van der Waals surface area contributed by atoms with Crippen molar-refractivity contribution in [2.45, 2.75) is 86.7 Å². The highest BCUT2D eigenvalue weighted by molar-refractivity contribution is 5.93. The van der Waals surface area contributed by atoms with Crippen LogP contribution in [0.1, 0.15) is 101 Å². The van der Waals surface area contributed by atoms with Gasteiger partial charge in [0.15, 0.2) is 0 Å². The predicted molar refractivity (Wildman–Crippen MR) is 178 cm³/mol. The second-order valence-electron chi connectivity index (χ2n) is 12.8. The van der Waals surface area contributed by atoms with E-state index in [4.69, 9.17) is 51.1 Å². The van der Waals surface area contributed by atoms with Gasteiger partial charge in [0.1, 0.15) is 0 Å². The smallest absolute Gasteiger partial charge is 0.335 e. The van der Waals surface area contributed by atoms with Crippen molar-refractivity contribution in [3.05, 3.63) is 35.4 Å². The maximum atomic E-state index is 10.4. The molecule has 0 saturated heterocycles. The van der Waals surface area contributed by atoms with Crippen LogP contribution >= 0.6 is 0 Å². The van der Waals surface area contributed by atoms with Gasteiger partial charge in [-0.25, -0.2) is 9.59 Å². The fourth-order valence-corrected chi connectivity index (χ4v) is 2.87. The van der Waals surface area contributed by atoms with E-state index in [1.54, 1.807) is 13.8 Å². The molecule has 1 rings (SSSR count). The molecule has 0 aliphatic heterocycles. The van der Waals surface area contributed by atoms with E-state index >= 15 is 0 Å². The van der Waals surface area contributed by atoms with E-state index in [1.165, 1.54) is 18.2 Å². The van der Waals surface area contributed by atoms with Crippen LogP contribution in [0.25, 0.3) is 0 Å². The molecule has 0 heterocycles. The van der Waals surface area contributed by atoms with Gasteiger partial charge in [-0.15, -0.1) is 0 Å². The van der Waals surface area contributed by atoms with Gasteiger partial charge in [-0.3, -0.25) is 9.59 Å². The Kier molecular flexibility index (Phi) is 29.8. The molecule has 0 aromatic heterocycles. The lowest BCUT2D eigenvalue weighted by Crippen LogP contribution is -2.36. The molecule has 0 aliphatic carbocycles. The number of rotatable bonds is 16. The quantitative estimate of drug-likeness (QED) is 0.110. The van der Waals surface area contributed by atoms with Crippen molar-refractivity contribution in [1.29, 1.82) is 0 Å². The van der Waals surface area contributed by atoms with Gasteiger partial charge in [0.05, 0.1) is 56.9 Å². The van der Waals surface area contributed by atoms with Crippen LogP contribution in [-0.2, 0) is 9.59 Å². The number of carboxylic acid groups (broad SMARTS) is 4. The van der Waals surface area contributed by atoms with Crippen LogP contribution < -0.4 is 0 Å². The maximum absolute atomic E-state index is 10.4. The van der Waals surface area contributed by atoms with E-state index in [-0.39, 0.29) is 80.4 Å². The SMILES string of the molecule is CC(C)(CO)CO.CC(C)C(O)C(C)(C)CO.CCC(CO)(CO)CO.O=C(O)CCCCC(=O)O.O=C(O)c1cccc(C(=O)O)c1. The number of aliphatic hydroxyl groups excluding tert-OH is 7. The van der Waals surface area contributed by atoms with Crippen molar-refractivity contribution in [1.82, 2.24) is 0 Å². The molecule has 48 heavy (non-hydrogen) atoms. The third kappa shape index (κ3) is 26.8. The monoisotopic (exact) mass is 696 g/mol. The summed E-state index contributed by atoms with van der Waals surface area (Å²) in [6.07, 6.45) is 1.19. The molecule has 1 aromatic rings. The number of hydrogen-bond acceptors (Lipinski definition) is 11. The van der Waals surface area contributed by atoms with Gasteiger partial charge in [0, 0.05) is 29.1 Å². The lowest BCUT2D eigenvalue weighted by Gasteiger charge is -2.30. The number of aliphatic carboxylic acids is 2. The van der Waals surface area contributed by atoms with Crippen molar-refractivity contribution in [3.63, 3.8) is 0 Å². The Hall–Kier alpha value is -3.18. The average Bonchev–Trinajstić information content (AvgIpc) is 3.05. The van der Waals surface area contributed by atoms with Crippen LogP contribution in [0.4, 0.5) is 0 Å². The first-order valence-electron chi connectivity index (χ1n) is 15.4. The summed E-state index contributed by atoms with van der Waals surface area (Å²) >= 11 is 0. The molecule has 0 saturated carbocycles. The second kappa shape index (κ2) is 27.7. The van der Waals surface area contributed by atoms with Crippen LogP contribution in [0, 0.1) is 22.2 Å². The minimum absolute atomic E-state index is 0.0186. The van der Waals surface area contributed by atoms with E-state index in [0.29, 0.717) is 19.3 Å². The molecule has 0 fully saturated rings. The topological polar surface area (TPSA) is 291 Å². The van der Waals surface area contributed by atoms with Gasteiger partial charge in [0.25, 0.3) is 0 Å². The largest absolute Gasteiger partial charge is 0.481 e. The van der Waals surface area contributed by atoms with Gasteiger partial charge in [0.2, 0.25) is 0 Å². The number of unbranched alkanes of at least 4 members (excludes halogenated alkanes) is 1. The molecule has 1 atom stereocenters. The van der Waals surface area contributed by atoms with Gasteiger partial charge in [-0.1, -0.05) is 54.5 Å². The van der Waals surface area contributed by atoms with Crippen LogP contribution in [0.2, 0.25) is 0 Å². The molecular weight excluding hydrogens is 636 g/mol. The lowest BCUT2D eigenvalue weighted by molar-refractivity contribution is -0.139. The first-order chi connectivity index (χ1) is 22.0. The third-order valence-electron chi connectivity index (χ3n) is 6.84. The van der Waals surface area contributed by atoms with E-state index in [0.717, 1.165) is 6.07 Å². The summed E-state index contributed by atoms with van der Waals surface area (Å²) in [4.78, 5) is 40.6. The van der Waals surface area contributed by atoms with Gasteiger partial charge < -0.3 is 56.2 Å². The zero-order valence-electron chi connectivity index (χ0n) is 29.3. The molecule has 15 heteroatoms. The minimum Gasteiger partial charge on any atom is -0.481 e. The van der Waals surface area contributed by atoms with E-state index < -0.39 is 35.4 Å². The molecule has 0 aliphatic rings. The average molecular weight is 697 g/mol. The minimum atomic E-state index is -1.13. The van der Waals surface area contributed by atoms with E-state index in [1.807, 2.05) is 34.6 Å². The Balaban J connectivity index is -0.000000255. The normalized spacial score (nSPS) is 11.6. The Morgan fingerprint density at radius 3 is 1.15 bits per heavy atom. The summed E-state index contributed by atoms with van der Waals surface area (Å²) in [5.74, 6) is -3.78. The van der Waals surface area contributed by atoms with Crippen molar-refractivity contribution in [2.24, 2.45) is 22.2 Å². The predicted octanol–water partition coefficient (Wildman–Crippen LogP) is 2.18. The Morgan fingerprint density at radius 2 is 1.00 bits per heavy atom. The molecule has 0 amide bonds. The summed E-state index contributed by atoms with van der Waals surface area (Å²) in [5.41, 5.74) is -1.38. The van der Waals surface area contributed by atoms with Gasteiger partial charge in [-0.2, -0.15) is 0 Å². The van der Waals surface area contributed by atoms with Gasteiger partial charge >= 0.3 is 23.9 Å². The summed E-state index contributed by atoms with van der Waals surface area (Å²) in [5, 5.41) is 94.4. The molecule has 15 nitrogen and oxygen atoms in total. The molecular formula is C33H60O15. The van der Waals surface area contributed by atoms with Crippen molar-refractivity contribution in [3.8, 4) is 0 Å². The number of benzene rings is 1. The molecule has 0 radical (unpaired) electrons. The number of carbonyl (C=O) groups is 4. The molecule has 1 aromatic carbocycles. The number of carboxylic acids is 4. The van der Waals surface area contributed by atoms with Crippen LogP contribution in [0.15, 0.2) is 24.3 Å². The molecule has 11 N–H and O–H groups in total. The first kappa shape index (κ1) is 51.7. The number of aliphatic hydroxyl groups is 7.